The van der Waals surface area contributed by atoms with Gasteiger partial charge in [-0.1, -0.05) is 11.3 Å². The highest BCUT2D eigenvalue weighted by atomic mass is 32.1. The van der Waals surface area contributed by atoms with E-state index >= 15 is 0 Å². The lowest BCUT2D eigenvalue weighted by molar-refractivity contribution is -0.130. The van der Waals surface area contributed by atoms with Crippen LogP contribution in [0, 0.1) is 6.92 Å². The third-order valence-corrected chi connectivity index (χ3v) is 5.64. The Morgan fingerprint density at radius 2 is 1.67 bits per heavy atom. The zero-order valence-corrected chi connectivity index (χ0v) is 18.2. The molecule has 10 nitrogen and oxygen atoms in total. The molecule has 1 aromatic heterocycles. The molecular weight excluding hydrogens is 410 g/mol. The molecule has 1 fully saturated rings. The summed E-state index contributed by atoms with van der Waals surface area (Å²) >= 11 is 1.54. The minimum atomic E-state index is -0.398. The summed E-state index contributed by atoms with van der Waals surface area (Å²) in [6.07, 6.45) is 0. The van der Waals surface area contributed by atoms with Gasteiger partial charge in [0.05, 0.1) is 27.9 Å². The van der Waals surface area contributed by atoms with Crippen LogP contribution in [0.1, 0.15) is 15.4 Å². The molecular formula is C19H25N5O5S. The number of methoxy groups -OCH3 is 3. The number of nitrogens with one attached hydrogen (secondary N) is 1. The Hall–Kier alpha value is -3.08. The Bertz CT molecular complexity index is 885. The van der Waals surface area contributed by atoms with Gasteiger partial charge in [-0.3, -0.25) is 9.59 Å². The van der Waals surface area contributed by atoms with Crippen LogP contribution in [0.15, 0.2) is 12.1 Å². The first-order valence-electron chi connectivity index (χ1n) is 9.37. The van der Waals surface area contributed by atoms with Crippen LogP contribution in [0.2, 0.25) is 0 Å². The molecule has 1 aromatic carbocycles. The number of carbonyl (C=O) groups is 2. The monoisotopic (exact) mass is 435 g/mol. The van der Waals surface area contributed by atoms with E-state index in [9.17, 15) is 9.59 Å². The summed E-state index contributed by atoms with van der Waals surface area (Å²) in [6, 6.07) is 3.09. The van der Waals surface area contributed by atoms with E-state index in [1.54, 1.807) is 17.0 Å². The molecule has 1 aliphatic heterocycles. The Labute approximate surface area is 178 Å². The fourth-order valence-corrected chi connectivity index (χ4v) is 3.88. The summed E-state index contributed by atoms with van der Waals surface area (Å²) in [7, 11) is 4.45. The van der Waals surface area contributed by atoms with E-state index in [0.717, 1.165) is 10.1 Å². The van der Waals surface area contributed by atoms with Crippen molar-refractivity contribution in [3.05, 3.63) is 22.7 Å². The minimum Gasteiger partial charge on any atom is -0.493 e. The van der Waals surface area contributed by atoms with Gasteiger partial charge in [0.2, 0.25) is 16.8 Å². The van der Waals surface area contributed by atoms with Crippen molar-refractivity contribution in [1.82, 2.24) is 20.4 Å². The smallest absolute Gasteiger partial charge is 0.251 e. The minimum absolute atomic E-state index is 0.0899. The molecule has 2 aromatic rings. The van der Waals surface area contributed by atoms with Crippen LogP contribution in [-0.4, -0.2) is 81.0 Å². The SMILES string of the molecule is COc1cc(C(=O)NCC(=O)N2CCN(c3nnc(C)s3)CC2)cc(OC)c1OC. The van der Waals surface area contributed by atoms with Crippen LogP contribution in [0.3, 0.4) is 0 Å². The van der Waals surface area contributed by atoms with Crippen LogP contribution in [0.4, 0.5) is 5.13 Å². The number of anilines is 1. The number of ether oxygens (including phenoxy) is 3. The predicted octanol–water partition coefficient (Wildman–Crippen LogP) is 0.951. The van der Waals surface area contributed by atoms with Gasteiger partial charge in [0.25, 0.3) is 5.91 Å². The number of amides is 2. The van der Waals surface area contributed by atoms with E-state index in [-0.39, 0.29) is 12.5 Å². The molecule has 1 N–H and O–H groups in total. The third kappa shape index (κ3) is 4.73. The van der Waals surface area contributed by atoms with Crippen molar-refractivity contribution in [2.24, 2.45) is 0 Å². The topological polar surface area (TPSA) is 106 Å². The normalized spacial score (nSPS) is 13.7. The molecule has 11 heteroatoms. The number of piperazine rings is 1. The maximum absolute atomic E-state index is 12.6. The molecule has 0 unspecified atom stereocenters. The lowest BCUT2D eigenvalue weighted by atomic mass is 10.1. The second-order valence-corrected chi connectivity index (χ2v) is 7.73. The van der Waals surface area contributed by atoms with E-state index < -0.39 is 5.91 Å². The van der Waals surface area contributed by atoms with Gasteiger partial charge in [-0.15, -0.1) is 10.2 Å². The summed E-state index contributed by atoms with van der Waals surface area (Å²) < 4.78 is 15.8. The van der Waals surface area contributed by atoms with Gasteiger partial charge in [0.1, 0.15) is 5.01 Å². The number of aromatic nitrogens is 2. The van der Waals surface area contributed by atoms with E-state index in [0.29, 0.717) is 49.0 Å². The zero-order valence-electron chi connectivity index (χ0n) is 17.4. The largest absolute Gasteiger partial charge is 0.493 e. The highest BCUT2D eigenvalue weighted by molar-refractivity contribution is 7.15. The van der Waals surface area contributed by atoms with E-state index in [1.165, 1.54) is 32.7 Å². The fraction of sp³-hybridized carbons (Fsp3) is 0.474. The van der Waals surface area contributed by atoms with E-state index in [2.05, 4.69) is 20.4 Å². The molecule has 0 saturated carbocycles. The number of rotatable bonds is 7. The first-order valence-corrected chi connectivity index (χ1v) is 10.2. The summed E-state index contributed by atoms with van der Waals surface area (Å²) in [5, 5.41) is 12.6. The Kier molecular flexibility index (Phi) is 6.93. The maximum Gasteiger partial charge on any atom is 0.251 e. The number of carbonyl (C=O) groups excluding carboxylic acids is 2. The highest BCUT2D eigenvalue weighted by Gasteiger charge is 2.24. The third-order valence-electron chi connectivity index (χ3n) is 4.75. The van der Waals surface area contributed by atoms with Crippen molar-refractivity contribution >= 4 is 28.3 Å². The highest BCUT2D eigenvalue weighted by Crippen LogP contribution is 2.38. The molecule has 3 rings (SSSR count). The standard InChI is InChI=1S/C19H25N5O5S/c1-12-21-22-19(30-12)24-7-5-23(6-8-24)16(25)11-20-18(26)13-9-14(27-2)17(29-4)15(10-13)28-3/h9-10H,5-8,11H2,1-4H3,(H,20,26). The van der Waals surface area contributed by atoms with Gasteiger partial charge >= 0.3 is 0 Å². The zero-order chi connectivity index (χ0) is 21.7. The van der Waals surface area contributed by atoms with E-state index in [1.807, 2.05) is 6.92 Å². The number of hydrogen-bond donors (Lipinski definition) is 1. The van der Waals surface area contributed by atoms with Crippen LogP contribution >= 0.6 is 11.3 Å². The Balaban J connectivity index is 1.55. The summed E-state index contributed by atoms with van der Waals surface area (Å²) in [5.74, 6) is 0.610. The lowest BCUT2D eigenvalue weighted by Gasteiger charge is -2.34. The summed E-state index contributed by atoms with van der Waals surface area (Å²) in [5.41, 5.74) is 0.314. The Morgan fingerprint density at radius 3 is 2.17 bits per heavy atom. The molecule has 0 bridgehead atoms. The van der Waals surface area contributed by atoms with Crippen molar-refractivity contribution in [3.63, 3.8) is 0 Å². The molecule has 2 amide bonds. The number of nitrogens with zero attached hydrogens (tertiary/aromatic N) is 4. The first-order chi connectivity index (χ1) is 14.5. The van der Waals surface area contributed by atoms with Gasteiger partial charge in [-0.05, 0) is 19.1 Å². The summed E-state index contributed by atoms with van der Waals surface area (Å²) in [6.45, 7) is 4.32. The van der Waals surface area contributed by atoms with Crippen molar-refractivity contribution < 1.29 is 23.8 Å². The summed E-state index contributed by atoms with van der Waals surface area (Å²) in [4.78, 5) is 28.9. The van der Waals surface area contributed by atoms with Gasteiger partial charge in [-0.2, -0.15) is 0 Å². The average Bonchev–Trinajstić information content (AvgIpc) is 3.22. The van der Waals surface area contributed by atoms with Crippen molar-refractivity contribution in [3.8, 4) is 17.2 Å². The second kappa shape index (κ2) is 9.61. The molecule has 162 valence electrons. The van der Waals surface area contributed by atoms with Gasteiger partial charge < -0.3 is 29.3 Å². The molecule has 0 aliphatic carbocycles. The van der Waals surface area contributed by atoms with Crippen LogP contribution in [0.5, 0.6) is 17.2 Å². The number of aryl methyl sites for hydroxylation is 1. The van der Waals surface area contributed by atoms with Gasteiger partial charge in [-0.25, -0.2) is 0 Å². The van der Waals surface area contributed by atoms with E-state index in [4.69, 9.17) is 14.2 Å². The van der Waals surface area contributed by atoms with Crippen molar-refractivity contribution in [2.75, 3.05) is 59.0 Å². The lowest BCUT2D eigenvalue weighted by Crippen LogP contribution is -2.51. The molecule has 0 spiro atoms. The van der Waals surface area contributed by atoms with Crippen LogP contribution in [-0.2, 0) is 4.79 Å². The molecule has 30 heavy (non-hydrogen) atoms. The van der Waals surface area contributed by atoms with Gasteiger partial charge in [0.15, 0.2) is 11.5 Å². The van der Waals surface area contributed by atoms with Gasteiger partial charge in [0, 0.05) is 31.7 Å². The van der Waals surface area contributed by atoms with Crippen LogP contribution in [0.25, 0.3) is 0 Å². The van der Waals surface area contributed by atoms with Crippen molar-refractivity contribution in [1.29, 1.82) is 0 Å². The van der Waals surface area contributed by atoms with Crippen LogP contribution < -0.4 is 24.4 Å². The fourth-order valence-electron chi connectivity index (χ4n) is 3.14. The second-order valence-electron chi connectivity index (χ2n) is 6.57. The Morgan fingerprint density at radius 1 is 1.03 bits per heavy atom. The maximum atomic E-state index is 12.6. The average molecular weight is 436 g/mol. The molecule has 1 saturated heterocycles. The molecule has 0 radical (unpaired) electrons. The molecule has 0 atom stereocenters. The quantitative estimate of drug-likeness (QED) is 0.685. The molecule has 1 aliphatic rings. The first kappa shape index (κ1) is 21.6. The number of benzene rings is 1. The molecule has 2 heterocycles. The number of hydrogen-bond acceptors (Lipinski definition) is 9. The predicted molar refractivity (Wildman–Crippen MR) is 112 cm³/mol. The van der Waals surface area contributed by atoms with Crippen molar-refractivity contribution in [2.45, 2.75) is 6.92 Å².